The molecule has 0 saturated heterocycles. The summed E-state index contributed by atoms with van der Waals surface area (Å²) in [5.41, 5.74) is 5.77. The van der Waals surface area contributed by atoms with Crippen molar-refractivity contribution in [3.8, 4) is 5.75 Å². The zero-order chi connectivity index (χ0) is 23.5. The van der Waals surface area contributed by atoms with Gasteiger partial charge in [0.25, 0.3) is 0 Å². The first-order valence-electron chi connectivity index (χ1n) is 10.4. The van der Waals surface area contributed by atoms with Gasteiger partial charge in [-0.2, -0.15) is 0 Å². The van der Waals surface area contributed by atoms with Crippen LogP contribution in [-0.2, 0) is 11.2 Å². The van der Waals surface area contributed by atoms with Crippen LogP contribution in [0.2, 0.25) is 0 Å². The quantitative estimate of drug-likeness (QED) is 0.461. The molecule has 0 aromatic heterocycles. The van der Waals surface area contributed by atoms with E-state index in [2.05, 4.69) is 73.2 Å². The summed E-state index contributed by atoms with van der Waals surface area (Å²) in [6.45, 7) is 6.17. The van der Waals surface area contributed by atoms with Crippen molar-refractivity contribution in [3.05, 3.63) is 101 Å². The monoisotopic (exact) mass is 422 g/mol. The lowest BCUT2D eigenvalue weighted by Crippen LogP contribution is -1.78. The molecule has 31 heavy (non-hydrogen) atoms. The number of hydrogen-bond donors (Lipinski definition) is 2. The molecule has 0 fully saturated rings. The summed E-state index contributed by atoms with van der Waals surface area (Å²) in [6.07, 6.45) is 6.50. The Morgan fingerprint density at radius 1 is 0.774 bits per heavy atom. The van der Waals surface area contributed by atoms with Crippen LogP contribution >= 0.6 is 0 Å². The fraction of sp³-hybridized carbons (Fsp3) is 0.286. The van der Waals surface area contributed by atoms with Gasteiger partial charge in [-0.05, 0) is 48.6 Å². The molecule has 0 spiro atoms. The number of aryl methyl sites for hydroxylation is 3. The van der Waals surface area contributed by atoms with Crippen LogP contribution in [0, 0.1) is 13.8 Å². The van der Waals surface area contributed by atoms with Gasteiger partial charge in [0.2, 0.25) is 0 Å². The number of hydrogen-bond acceptors (Lipinski definition) is 3. The van der Waals surface area contributed by atoms with Crippen LogP contribution in [0.4, 0.5) is 0 Å². The summed E-state index contributed by atoms with van der Waals surface area (Å²) in [5.74, 6) is 0.344. The van der Waals surface area contributed by atoms with Crippen molar-refractivity contribution in [1.82, 2.24) is 0 Å². The van der Waals surface area contributed by atoms with E-state index in [-0.39, 0.29) is 0 Å². The molecule has 0 aliphatic carbocycles. The van der Waals surface area contributed by atoms with Crippen LogP contribution in [0.5, 0.6) is 5.75 Å². The van der Waals surface area contributed by atoms with Gasteiger partial charge in [0.15, 0.2) is 0 Å². The van der Waals surface area contributed by atoms with Crippen molar-refractivity contribution in [2.45, 2.75) is 33.6 Å². The first-order valence-corrected chi connectivity index (χ1v) is 10.4. The highest BCUT2D eigenvalue weighted by atomic mass is 16.4. The molecule has 0 saturated carbocycles. The highest BCUT2D eigenvalue weighted by molar-refractivity contribution is 5.70. The molecule has 3 heteroatoms. The van der Waals surface area contributed by atoms with Gasteiger partial charge in [-0.15, -0.1) is 0 Å². The van der Waals surface area contributed by atoms with Crippen molar-refractivity contribution in [2.75, 3.05) is 21.3 Å². The summed E-state index contributed by atoms with van der Waals surface area (Å²) in [4.78, 5) is 0. The zero-order valence-corrected chi connectivity index (χ0v) is 19.8. The van der Waals surface area contributed by atoms with Gasteiger partial charge < -0.3 is 14.9 Å². The third-order valence-corrected chi connectivity index (χ3v) is 4.16. The SMILES string of the molecule is CCCc1ccccc1.CO.COC.Cc1ccc(/C=C/c2ccc(C)c(O)c2)cc1. The fourth-order valence-electron chi connectivity index (χ4n) is 2.53. The molecule has 3 nitrogen and oxygen atoms in total. The molecule has 0 atom stereocenters. The van der Waals surface area contributed by atoms with Gasteiger partial charge in [0, 0.05) is 21.3 Å². The Kier molecular flexibility index (Phi) is 16.3. The first-order chi connectivity index (χ1) is 15.0. The van der Waals surface area contributed by atoms with Crippen molar-refractivity contribution < 1.29 is 14.9 Å². The van der Waals surface area contributed by atoms with Crippen LogP contribution in [-0.4, -0.2) is 31.5 Å². The summed E-state index contributed by atoms with van der Waals surface area (Å²) < 4.78 is 4.25. The molecule has 0 radical (unpaired) electrons. The minimum atomic E-state index is 0.344. The molecule has 3 rings (SSSR count). The number of benzene rings is 3. The Balaban J connectivity index is 0.000000540. The van der Waals surface area contributed by atoms with Crippen LogP contribution in [0.1, 0.15) is 41.2 Å². The number of rotatable bonds is 4. The summed E-state index contributed by atoms with van der Waals surface area (Å²) in [6, 6.07) is 24.6. The van der Waals surface area contributed by atoms with Crippen molar-refractivity contribution in [1.29, 1.82) is 0 Å². The second-order valence-electron chi connectivity index (χ2n) is 6.93. The van der Waals surface area contributed by atoms with Gasteiger partial charge in [-0.1, -0.05) is 97.8 Å². The molecule has 0 unspecified atom stereocenters. The minimum Gasteiger partial charge on any atom is -0.508 e. The van der Waals surface area contributed by atoms with Crippen LogP contribution in [0.3, 0.4) is 0 Å². The van der Waals surface area contributed by atoms with Gasteiger partial charge in [0.05, 0.1) is 0 Å². The zero-order valence-electron chi connectivity index (χ0n) is 19.8. The molecule has 3 aromatic rings. The maximum absolute atomic E-state index is 9.60. The second-order valence-corrected chi connectivity index (χ2v) is 6.93. The number of aliphatic hydroxyl groups excluding tert-OH is 1. The second kappa shape index (κ2) is 17.9. The van der Waals surface area contributed by atoms with E-state index in [0.717, 1.165) is 23.8 Å². The Morgan fingerprint density at radius 2 is 1.29 bits per heavy atom. The lowest BCUT2D eigenvalue weighted by molar-refractivity contribution is 0.277. The van der Waals surface area contributed by atoms with Gasteiger partial charge in [-0.25, -0.2) is 0 Å². The lowest BCUT2D eigenvalue weighted by Gasteiger charge is -2.00. The van der Waals surface area contributed by atoms with E-state index in [1.807, 2.05) is 31.2 Å². The van der Waals surface area contributed by atoms with Crippen LogP contribution < -0.4 is 0 Å². The standard InChI is InChI=1S/C16H16O.C9H12.C2H6O.CH4O/c1-12-3-6-14(7-4-12)9-10-15-8-5-13(2)16(17)11-15;1-2-6-9-7-4-3-5-8-9;1-3-2;1-2/h3-11,17H,1-2H3;3-5,7-8H,2,6H2,1H3;1-2H3;2H,1H3/b10-9+;;;. The average Bonchev–Trinajstić information content (AvgIpc) is 2.79. The van der Waals surface area contributed by atoms with E-state index in [1.165, 1.54) is 24.0 Å². The molecule has 3 aromatic carbocycles. The largest absolute Gasteiger partial charge is 0.508 e. The minimum absolute atomic E-state index is 0.344. The normalized spacial score (nSPS) is 9.52. The average molecular weight is 423 g/mol. The molecule has 2 N–H and O–H groups in total. The summed E-state index contributed by atoms with van der Waals surface area (Å²) in [5, 5.41) is 16.6. The molecule has 0 bridgehead atoms. The topological polar surface area (TPSA) is 49.7 Å². The Morgan fingerprint density at radius 3 is 1.81 bits per heavy atom. The maximum Gasteiger partial charge on any atom is 0.119 e. The van der Waals surface area contributed by atoms with E-state index in [9.17, 15) is 5.11 Å². The van der Waals surface area contributed by atoms with Crippen LogP contribution in [0.25, 0.3) is 12.2 Å². The number of phenolic OH excluding ortho intramolecular Hbond substituents is 1. The predicted molar refractivity (Wildman–Crippen MR) is 134 cm³/mol. The summed E-state index contributed by atoms with van der Waals surface area (Å²) >= 11 is 0. The summed E-state index contributed by atoms with van der Waals surface area (Å²) in [7, 11) is 4.25. The van der Waals surface area contributed by atoms with Crippen molar-refractivity contribution in [2.24, 2.45) is 0 Å². The van der Waals surface area contributed by atoms with Crippen LogP contribution in [0.15, 0.2) is 72.8 Å². The highest BCUT2D eigenvalue weighted by Gasteiger charge is 1.95. The van der Waals surface area contributed by atoms with Gasteiger partial charge in [0.1, 0.15) is 5.75 Å². The number of methoxy groups -OCH3 is 1. The Bertz CT molecular complexity index is 838. The molecule has 0 amide bonds. The van der Waals surface area contributed by atoms with Crippen molar-refractivity contribution in [3.63, 3.8) is 0 Å². The van der Waals surface area contributed by atoms with Gasteiger partial charge in [-0.3, -0.25) is 0 Å². The highest BCUT2D eigenvalue weighted by Crippen LogP contribution is 2.19. The van der Waals surface area contributed by atoms with E-state index in [1.54, 1.807) is 20.3 Å². The van der Waals surface area contributed by atoms with Gasteiger partial charge >= 0.3 is 0 Å². The molecule has 0 aliphatic rings. The Hall–Kier alpha value is -2.88. The molecular weight excluding hydrogens is 384 g/mol. The van der Waals surface area contributed by atoms with E-state index < -0.39 is 0 Å². The number of aromatic hydroxyl groups is 1. The third kappa shape index (κ3) is 13.1. The van der Waals surface area contributed by atoms with E-state index in [0.29, 0.717) is 5.75 Å². The van der Waals surface area contributed by atoms with Crippen molar-refractivity contribution >= 4 is 12.2 Å². The molecular formula is C28H38O3. The number of aliphatic hydroxyl groups is 1. The smallest absolute Gasteiger partial charge is 0.119 e. The Labute approximate surface area is 188 Å². The number of phenols is 1. The molecule has 168 valence electrons. The maximum atomic E-state index is 9.60. The molecule has 0 aliphatic heterocycles. The predicted octanol–water partition coefficient (Wildman–Crippen LogP) is 6.69. The lowest BCUT2D eigenvalue weighted by atomic mass is 10.1. The third-order valence-electron chi connectivity index (χ3n) is 4.16. The molecule has 0 heterocycles. The van der Waals surface area contributed by atoms with E-state index >= 15 is 0 Å². The van der Waals surface area contributed by atoms with E-state index in [4.69, 9.17) is 5.11 Å². The fourth-order valence-corrected chi connectivity index (χ4v) is 2.53. The number of ether oxygens (including phenoxy) is 1. The first kappa shape index (κ1) is 28.1.